The standard InChI is InChI=1S/C15H31N3O/c1-4-7-12(3)17-15(19)11-18-9-6-8-13(5-2)14(18)10-16/h12-14H,4-11,16H2,1-3H3,(H,17,19). The minimum atomic E-state index is 0.149. The fourth-order valence-corrected chi connectivity index (χ4v) is 3.24. The zero-order chi connectivity index (χ0) is 14.3. The highest BCUT2D eigenvalue weighted by atomic mass is 16.2. The van der Waals surface area contributed by atoms with E-state index in [2.05, 4.69) is 31.0 Å². The average Bonchev–Trinajstić information content (AvgIpc) is 2.38. The quantitative estimate of drug-likeness (QED) is 0.740. The van der Waals surface area contributed by atoms with E-state index in [1.807, 2.05) is 0 Å². The second-order valence-corrected chi connectivity index (χ2v) is 5.84. The van der Waals surface area contributed by atoms with Crippen LogP contribution in [0, 0.1) is 5.92 Å². The lowest BCUT2D eigenvalue weighted by atomic mass is 9.87. The van der Waals surface area contributed by atoms with Crippen molar-refractivity contribution in [3.8, 4) is 0 Å². The van der Waals surface area contributed by atoms with Crippen LogP contribution in [0.1, 0.15) is 52.9 Å². The molecular formula is C15H31N3O. The molecule has 0 spiro atoms. The highest BCUT2D eigenvalue weighted by Gasteiger charge is 2.30. The summed E-state index contributed by atoms with van der Waals surface area (Å²) in [5, 5.41) is 3.08. The van der Waals surface area contributed by atoms with Crippen LogP contribution < -0.4 is 11.1 Å². The molecule has 4 heteroatoms. The maximum Gasteiger partial charge on any atom is 0.234 e. The molecule has 3 unspecified atom stereocenters. The Labute approximate surface area is 118 Å². The van der Waals surface area contributed by atoms with Gasteiger partial charge in [-0.1, -0.05) is 26.7 Å². The molecule has 0 bridgehead atoms. The first-order chi connectivity index (χ1) is 9.12. The van der Waals surface area contributed by atoms with Crippen molar-refractivity contribution in [2.24, 2.45) is 11.7 Å². The van der Waals surface area contributed by atoms with E-state index >= 15 is 0 Å². The Morgan fingerprint density at radius 3 is 2.79 bits per heavy atom. The number of nitrogens with one attached hydrogen (secondary N) is 1. The second-order valence-electron chi connectivity index (χ2n) is 5.84. The largest absolute Gasteiger partial charge is 0.353 e. The van der Waals surface area contributed by atoms with Crippen LogP contribution >= 0.6 is 0 Å². The second kappa shape index (κ2) is 8.54. The first-order valence-electron chi connectivity index (χ1n) is 7.85. The van der Waals surface area contributed by atoms with Crippen molar-refractivity contribution < 1.29 is 4.79 Å². The van der Waals surface area contributed by atoms with Crippen LogP contribution in [0.4, 0.5) is 0 Å². The third-order valence-electron chi connectivity index (χ3n) is 4.28. The van der Waals surface area contributed by atoms with Crippen LogP contribution in [-0.4, -0.2) is 42.5 Å². The Balaban J connectivity index is 2.47. The number of rotatable bonds is 7. The summed E-state index contributed by atoms with van der Waals surface area (Å²) in [6, 6.07) is 0.659. The maximum atomic E-state index is 12.1. The molecule has 3 N–H and O–H groups in total. The molecule has 0 radical (unpaired) electrons. The lowest BCUT2D eigenvalue weighted by Crippen LogP contribution is -2.53. The van der Waals surface area contributed by atoms with Gasteiger partial charge >= 0.3 is 0 Å². The Kier molecular flexibility index (Phi) is 7.39. The van der Waals surface area contributed by atoms with Crippen molar-refractivity contribution in [2.75, 3.05) is 19.6 Å². The van der Waals surface area contributed by atoms with E-state index in [9.17, 15) is 4.79 Å². The molecule has 19 heavy (non-hydrogen) atoms. The predicted octanol–water partition coefficient (Wildman–Crippen LogP) is 1.74. The first kappa shape index (κ1) is 16.4. The summed E-state index contributed by atoms with van der Waals surface area (Å²) in [4.78, 5) is 14.3. The molecule has 1 amide bonds. The number of nitrogens with zero attached hydrogens (tertiary/aromatic N) is 1. The number of piperidine rings is 1. The number of carbonyl (C=O) groups excluding carboxylic acids is 1. The smallest absolute Gasteiger partial charge is 0.234 e. The Bertz CT molecular complexity index is 270. The van der Waals surface area contributed by atoms with E-state index in [-0.39, 0.29) is 11.9 Å². The minimum Gasteiger partial charge on any atom is -0.353 e. The Morgan fingerprint density at radius 2 is 2.21 bits per heavy atom. The van der Waals surface area contributed by atoms with Gasteiger partial charge in [-0.3, -0.25) is 9.69 Å². The number of hydrogen-bond donors (Lipinski definition) is 2. The van der Waals surface area contributed by atoms with Crippen molar-refractivity contribution in [2.45, 2.75) is 65.0 Å². The zero-order valence-corrected chi connectivity index (χ0v) is 12.8. The van der Waals surface area contributed by atoms with Gasteiger partial charge in [-0.15, -0.1) is 0 Å². The van der Waals surface area contributed by atoms with E-state index < -0.39 is 0 Å². The Morgan fingerprint density at radius 1 is 1.47 bits per heavy atom. The average molecular weight is 269 g/mol. The third-order valence-corrected chi connectivity index (χ3v) is 4.28. The number of carbonyl (C=O) groups is 1. The van der Waals surface area contributed by atoms with Gasteiger partial charge in [0.1, 0.15) is 0 Å². The number of amides is 1. The van der Waals surface area contributed by atoms with E-state index in [4.69, 9.17) is 5.73 Å². The normalized spacial score (nSPS) is 26.1. The van der Waals surface area contributed by atoms with Crippen LogP contribution in [0.3, 0.4) is 0 Å². The summed E-state index contributed by atoms with van der Waals surface area (Å²) in [6.07, 6.45) is 5.75. The Hall–Kier alpha value is -0.610. The van der Waals surface area contributed by atoms with Crippen LogP contribution in [-0.2, 0) is 4.79 Å². The van der Waals surface area contributed by atoms with Gasteiger partial charge in [0.25, 0.3) is 0 Å². The van der Waals surface area contributed by atoms with Crippen molar-refractivity contribution in [1.29, 1.82) is 0 Å². The van der Waals surface area contributed by atoms with Crippen LogP contribution in [0.25, 0.3) is 0 Å². The summed E-state index contributed by atoms with van der Waals surface area (Å²) in [7, 11) is 0. The van der Waals surface area contributed by atoms with E-state index in [1.54, 1.807) is 0 Å². The van der Waals surface area contributed by atoms with Gasteiger partial charge in [0.05, 0.1) is 6.54 Å². The van der Waals surface area contributed by atoms with Crippen LogP contribution in [0.15, 0.2) is 0 Å². The van der Waals surface area contributed by atoms with E-state index in [0.717, 1.165) is 25.8 Å². The van der Waals surface area contributed by atoms with Crippen molar-refractivity contribution in [3.63, 3.8) is 0 Å². The number of likely N-dealkylation sites (tertiary alicyclic amines) is 1. The molecule has 1 rings (SSSR count). The van der Waals surface area contributed by atoms with Crippen molar-refractivity contribution >= 4 is 5.91 Å². The lowest BCUT2D eigenvalue weighted by Gasteiger charge is -2.40. The topological polar surface area (TPSA) is 58.4 Å². The summed E-state index contributed by atoms with van der Waals surface area (Å²) >= 11 is 0. The van der Waals surface area contributed by atoms with Gasteiger partial charge in [0, 0.05) is 18.6 Å². The van der Waals surface area contributed by atoms with Gasteiger partial charge in [-0.25, -0.2) is 0 Å². The molecule has 3 atom stereocenters. The first-order valence-corrected chi connectivity index (χ1v) is 7.85. The van der Waals surface area contributed by atoms with Gasteiger partial charge in [-0.05, 0) is 38.6 Å². The van der Waals surface area contributed by atoms with E-state index in [1.165, 1.54) is 12.8 Å². The molecule has 0 aromatic heterocycles. The van der Waals surface area contributed by atoms with Gasteiger partial charge in [0.2, 0.25) is 5.91 Å². The van der Waals surface area contributed by atoms with Gasteiger partial charge in [-0.2, -0.15) is 0 Å². The minimum absolute atomic E-state index is 0.149. The monoisotopic (exact) mass is 269 g/mol. The molecule has 0 aliphatic carbocycles. The number of hydrogen-bond acceptors (Lipinski definition) is 3. The third kappa shape index (κ3) is 5.11. The van der Waals surface area contributed by atoms with Crippen LogP contribution in [0.2, 0.25) is 0 Å². The molecule has 0 aromatic rings. The summed E-state index contributed by atoms with van der Waals surface area (Å²) in [5.41, 5.74) is 5.91. The fraction of sp³-hybridized carbons (Fsp3) is 0.933. The molecule has 1 saturated heterocycles. The summed E-state index contributed by atoms with van der Waals surface area (Å²) in [6.45, 7) is 8.62. The highest BCUT2D eigenvalue weighted by Crippen LogP contribution is 2.25. The molecule has 1 aliphatic rings. The van der Waals surface area contributed by atoms with E-state index in [0.29, 0.717) is 25.0 Å². The molecule has 0 aromatic carbocycles. The molecule has 1 fully saturated rings. The number of nitrogens with two attached hydrogens (primary N) is 1. The zero-order valence-electron chi connectivity index (χ0n) is 12.8. The molecular weight excluding hydrogens is 238 g/mol. The fourth-order valence-electron chi connectivity index (χ4n) is 3.24. The van der Waals surface area contributed by atoms with Crippen LogP contribution in [0.5, 0.6) is 0 Å². The molecule has 112 valence electrons. The molecule has 1 aliphatic heterocycles. The maximum absolute atomic E-state index is 12.1. The molecule has 4 nitrogen and oxygen atoms in total. The summed E-state index contributed by atoms with van der Waals surface area (Å²) < 4.78 is 0. The van der Waals surface area contributed by atoms with Crippen molar-refractivity contribution in [3.05, 3.63) is 0 Å². The SMILES string of the molecule is CCCC(C)NC(=O)CN1CCCC(CC)C1CN. The highest BCUT2D eigenvalue weighted by molar-refractivity contribution is 5.78. The van der Waals surface area contributed by atoms with Crippen molar-refractivity contribution in [1.82, 2.24) is 10.2 Å². The predicted molar refractivity (Wildman–Crippen MR) is 79.9 cm³/mol. The van der Waals surface area contributed by atoms with Gasteiger partial charge < -0.3 is 11.1 Å². The summed E-state index contributed by atoms with van der Waals surface area (Å²) in [5.74, 6) is 0.802. The molecule has 1 heterocycles. The molecule has 0 saturated carbocycles. The lowest BCUT2D eigenvalue weighted by molar-refractivity contribution is -0.124. The van der Waals surface area contributed by atoms with Gasteiger partial charge in [0.15, 0.2) is 0 Å².